The number of hydrogen-bond donors (Lipinski definition) is 3. The Morgan fingerprint density at radius 2 is 0.871 bits per heavy atom. The van der Waals surface area contributed by atoms with Gasteiger partial charge in [-0.05, 0) is 70.6 Å². The van der Waals surface area contributed by atoms with Crippen molar-refractivity contribution in [3.63, 3.8) is 0 Å². The maximum absolute atomic E-state index is 13.2. The average molecular weight is 864 g/mol. The van der Waals surface area contributed by atoms with Gasteiger partial charge < -0.3 is 20.3 Å². The Kier molecular flexibility index (Phi) is 46.7. The number of carbonyl (C=O) groups is 2. The highest BCUT2D eigenvalue weighted by atomic mass is 16.5. The molecule has 0 rings (SSSR count). The van der Waals surface area contributed by atoms with E-state index in [-0.39, 0.29) is 24.9 Å². The fraction of sp³-hybridized carbons (Fsp3) is 0.714. The Balaban J connectivity index is 4.67. The van der Waals surface area contributed by atoms with E-state index in [0.717, 1.165) is 89.9 Å². The predicted molar refractivity (Wildman–Crippen MR) is 268 cm³/mol. The van der Waals surface area contributed by atoms with E-state index in [0.29, 0.717) is 19.3 Å². The number of hydrogen-bond acceptors (Lipinski definition) is 5. The van der Waals surface area contributed by atoms with Crippen molar-refractivity contribution >= 4 is 11.9 Å². The van der Waals surface area contributed by atoms with E-state index < -0.39 is 18.2 Å². The number of esters is 1. The van der Waals surface area contributed by atoms with Gasteiger partial charge in [0.2, 0.25) is 5.91 Å². The van der Waals surface area contributed by atoms with Crippen molar-refractivity contribution in [2.24, 2.45) is 0 Å². The van der Waals surface area contributed by atoms with Gasteiger partial charge in [-0.1, -0.05) is 234 Å². The second-order valence-electron chi connectivity index (χ2n) is 17.3. The van der Waals surface area contributed by atoms with Gasteiger partial charge in [0.1, 0.15) is 6.10 Å². The monoisotopic (exact) mass is 864 g/mol. The molecular formula is C56H97NO5. The average Bonchev–Trinajstić information content (AvgIpc) is 3.26. The Morgan fingerprint density at radius 3 is 1.37 bits per heavy atom. The lowest BCUT2D eigenvalue weighted by Gasteiger charge is -2.24. The summed E-state index contributed by atoms with van der Waals surface area (Å²) in [4.78, 5) is 26.1. The summed E-state index contributed by atoms with van der Waals surface area (Å²) in [6.07, 6.45) is 63.5. The first-order chi connectivity index (χ1) is 30.5. The molecule has 0 aromatic carbocycles. The molecule has 3 N–H and O–H groups in total. The fourth-order valence-electron chi connectivity index (χ4n) is 7.44. The number of unbranched alkanes of at least 4 members (excludes halogenated alkanes) is 24. The summed E-state index contributed by atoms with van der Waals surface area (Å²) < 4.78 is 5.90. The molecule has 0 spiro atoms. The van der Waals surface area contributed by atoms with Crippen LogP contribution in [0.5, 0.6) is 0 Å². The Hall–Kier alpha value is -2.96. The van der Waals surface area contributed by atoms with Crippen LogP contribution in [0.4, 0.5) is 0 Å². The number of allylic oxidation sites excluding steroid dienone is 14. The zero-order valence-electron chi connectivity index (χ0n) is 40.5. The summed E-state index contributed by atoms with van der Waals surface area (Å²) in [7, 11) is 0. The lowest BCUT2D eigenvalue weighted by Crippen LogP contribution is -2.46. The maximum atomic E-state index is 13.2. The molecule has 0 aliphatic heterocycles. The molecule has 0 heterocycles. The van der Waals surface area contributed by atoms with Gasteiger partial charge in [0.25, 0.3) is 0 Å². The van der Waals surface area contributed by atoms with Crippen molar-refractivity contribution in [2.45, 2.75) is 251 Å². The second kappa shape index (κ2) is 49.1. The zero-order chi connectivity index (χ0) is 45.2. The Labute approximate surface area is 383 Å². The molecular weight excluding hydrogens is 767 g/mol. The topological polar surface area (TPSA) is 95.9 Å². The minimum absolute atomic E-state index is 0.0426. The van der Waals surface area contributed by atoms with Crippen LogP contribution in [0.1, 0.15) is 233 Å². The second-order valence-corrected chi connectivity index (χ2v) is 17.3. The molecule has 0 aliphatic carbocycles. The first-order valence-corrected chi connectivity index (χ1v) is 25.9. The number of amides is 1. The van der Waals surface area contributed by atoms with Gasteiger partial charge in [0, 0.05) is 6.42 Å². The van der Waals surface area contributed by atoms with E-state index in [1.165, 1.54) is 96.3 Å². The molecule has 1 amide bonds. The predicted octanol–water partition coefficient (Wildman–Crippen LogP) is 15.6. The van der Waals surface area contributed by atoms with Gasteiger partial charge in [-0.3, -0.25) is 9.59 Å². The van der Waals surface area contributed by atoms with Gasteiger partial charge in [-0.2, -0.15) is 0 Å². The van der Waals surface area contributed by atoms with Crippen LogP contribution in [0.3, 0.4) is 0 Å². The molecule has 0 bridgehead atoms. The van der Waals surface area contributed by atoms with Crippen LogP contribution in [-0.4, -0.2) is 46.9 Å². The summed E-state index contributed by atoms with van der Waals surface area (Å²) in [5.41, 5.74) is 0. The number of rotatable bonds is 45. The molecule has 6 nitrogen and oxygen atoms in total. The van der Waals surface area contributed by atoms with E-state index >= 15 is 0 Å². The van der Waals surface area contributed by atoms with E-state index in [9.17, 15) is 19.8 Å². The number of aliphatic hydroxyl groups is 2. The van der Waals surface area contributed by atoms with Crippen LogP contribution in [0.2, 0.25) is 0 Å². The minimum Gasteiger partial charge on any atom is -0.462 e. The quantitative estimate of drug-likeness (QED) is 0.0322. The highest BCUT2D eigenvalue weighted by Gasteiger charge is 2.24. The molecule has 0 fully saturated rings. The van der Waals surface area contributed by atoms with Crippen molar-refractivity contribution in [3.05, 3.63) is 85.1 Å². The third-order valence-corrected chi connectivity index (χ3v) is 11.4. The highest BCUT2D eigenvalue weighted by Crippen LogP contribution is 2.17. The molecule has 0 aromatic rings. The molecule has 62 heavy (non-hydrogen) atoms. The highest BCUT2D eigenvalue weighted by molar-refractivity contribution is 5.77. The molecule has 0 aromatic heterocycles. The fourth-order valence-corrected chi connectivity index (χ4v) is 7.44. The van der Waals surface area contributed by atoms with Crippen LogP contribution >= 0.6 is 0 Å². The van der Waals surface area contributed by atoms with Crippen molar-refractivity contribution in [1.82, 2.24) is 5.32 Å². The van der Waals surface area contributed by atoms with Crippen LogP contribution in [0.25, 0.3) is 0 Å². The van der Waals surface area contributed by atoms with Crippen LogP contribution < -0.4 is 5.32 Å². The number of carbonyl (C=O) groups excluding carboxylic acids is 2. The Morgan fingerprint density at radius 1 is 0.484 bits per heavy atom. The maximum Gasteiger partial charge on any atom is 0.306 e. The number of aliphatic hydroxyl groups excluding tert-OH is 2. The molecule has 0 saturated carbocycles. The van der Waals surface area contributed by atoms with Gasteiger partial charge in [0.05, 0.1) is 25.2 Å². The van der Waals surface area contributed by atoms with E-state index in [2.05, 4.69) is 68.6 Å². The van der Waals surface area contributed by atoms with Crippen LogP contribution in [0.15, 0.2) is 85.1 Å². The lowest BCUT2D eigenvalue weighted by molar-refractivity contribution is -0.151. The lowest BCUT2D eigenvalue weighted by atomic mass is 10.0. The normalized spacial score (nSPS) is 14.0. The van der Waals surface area contributed by atoms with Gasteiger partial charge in [-0.15, -0.1) is 0 Å². The molecule has 6 heteroatoms. The summed E-state index contributed by atoms with van der Waals surface area (Å²) >= 11 is 0. The van der Waals surface area contributed by atoms with E-state index in [1.807, 2.05) is 42.5 Å². The third-order valence-electron chi connectivity index (χ3n) is 11.4. The van der Waals surface area contributed by atoms with Crippen molar-refractivity contribution in [2.75, 3.05) is 6.61 Å². The molecule has 0 saturated heterocycles. The summed E-state index contributed by atoms with van der Waals surface area (Å²) in [6.45, 7) is 6.29. The van der Waals surface area contributed by atoms with Crippen LogP contribution in [0, 0.1) is 0 Å². The summed E-state index contributed by atoms with van der Waals surface area (Å²) in [5.74, 6) is -0.547. The standard InChI is InChI=1S/C56H97NO5/c1-4-7-10-13-16-19-22-25-27-30-33-36-39-42-45-48-54(59)53(51-58)57-55(60)50-52(47-44-41-38-35-32-29-24-21-18-15-12-9-6-3)62-56(61)49-46-43-40-37-34-31-28-26-23-20-17-14-11-8-5-2/h8,11,14,17-18,20-21,23-24,26,28-29,31,34,52-54,58-59H,4-7,9-10,12-13,15-16,19,22,25,27,30,32-33,35-51H2,1-3H3,(H,57,60)/b11-8+,17-14+,21-18+,23-20-,28-26-,29-24+,34-31+. The van der Waals surface area contributed by atoms with E-state index in [4.69, 9.17) is 4.74 Å². The largest absolute Gasteiger partial charge is 0.462 e. The van der Waals surface area contributed by atoms with Gasteiger partial charge >= 0.3 is 5.97 Å². The summed E-state index contributed by atoms with van der Waals surface area (Å²) in [6, 6.07) is -0.721. The van der Waals surface area contributed by atoms with Crippen LogP contribution in [-0.2, 0) is 14.3 Å². The molecule has 356 valence electrons. The van der Waals surface area contributed by atoms with Crippen molar-refractivity contribution in [1.29, 1.82) is 0 Å². The SMILES string of the molecule is CC/C=C/C=C/C=C\C=C/C=C/CCCCCC(=O)OC(CCCCCC/C=C/C=C/CCCCC)CC(=O)NC(CO)C(O)CCCCCCCCCCCCCCCCC. The number of nitrogens with one attached hydrogen (secondary N) is 1. The molecule has 3 atom stereocenters. The first kappa shape index (κ1) is 59.0. The van der Waals surface area contributed by atoms with Crippen molar-refractivity contribution < 1.29 is 24.5 Å². The first-order valence-electron chi connectivity index (χ1n) is 25.9. The minimum atomic E-state index is -0.805. The zero-order valence-corrected chi connectivity index (χ0v) is 40.5. The third kappa shape index (κ3) is 43.7. The molecule has 3 unspecified atom stereocenters. The van der Waals surface area contributed by atoms with E-state index in [1.54, 1.807) is 0 Å². The Bertz CT molecular complexity index is 1200. The van der Waals surface area contributed by atoms with Crippen molar-refractivity contribution in [3.8, 4) is 0 Å². The molecule has 0 radical (unpaired) electrons. The number of ether oxygens (including phenoxy) is 1. The smallest absolute Gasteiger partial charge is 0.306 e. The summed E-state index contributed by atoms with van der Waals surface area (Å²) in [5, 5.41) is 23.8. The van der Waals surface area contributed by atoms with Gasteiger partial charge in [-0.25, -0.2) is 0 Å². The molecule has 0 aliphatic rings. The van der Waals surface area contributed by atoms with Gasteiger partial charge in [0.15, 0.2) is 0 Å².